The first-order valence-corrected chi connectivity index (χ1v) is 3.71. The van der Waals surface area contributed by atoms with Crippen LogP contribution in [0.3, 0.4) is 0 Å². The van der Waals surface area contributed by atoms with Crippen molar-refractivity contribution < 1.29 is 14.7 Å². The normalized spacial score (nSPS) is 30.9. The fraction of sp³-hybridized carbons (Fsp3) is 0.333. The zero-order valence-electron chi connectivity index (χ0n) is 7.18. The Labute approximate surface area is 78.1 Å². The Morgan fingerprint density at radius 3 is 2.86 bits per heavy atom. The summed E-state index contributed by atoms with van der Waals surface area (Å²) in [4.78, 5) is 30.1. The summed E-state index contributed by atoms with van der Waals surface area (Å²) < 4.78 is 0. The van der Waals surface area contributed by atoms with Crippen LogP contribution < -0.4 is 11.1 Å². The third-order valence-corrected chi connectivity index (χ3v) is 2.01. The minimum absolute atomic E-state index is 0.252. The number of amides is 3. The van der Waals surface area contributed by atoms with E-state index >= 15 is 0 Å². The van der Waals surface area contributed by atoms with Gasteiger partial charge in [0.05, 0.1) is 0 Å². The molecule has 0 aromatic rings. The molecule has 2 aliphatic rings. The molecule has 0 saturated heterocycles. The molecule has 3 amide bonds. The first-order chi connectivity index (χ1) is 6.45. The number of hydrogen-bond acceptors (Lipinski definition) is 5. The highest BCUT2D eigenvalue weighted by molar-refractivity contribution is 6.48. The lowest BCUT2D eigenvalue weighted by atomic mass is 10.2. The second-order valence-corrected chi connectivity index (χ2v) is 2.89. The van der Waals surface area contributed by atoms with Gasteiger partial charge in [-0.05, 0) is 0 Å². The number of hydrogen-bond donors (Lipinski definition) is 3. The average Bonchev–Trinajstić information content (AvgIpc) is 2.29. The van der Waals surface area contributed by atoms with Gasteiger partial charge in [0.1, 0.15) is 0 Å². The molecule has 14 heavy (non-hydrogen) atoms. The lowest BCUT2D eigenvalue weighted by molar-refractivity contribution is -0.115. The first kappa shape index (κ1) is 8.63. The van der Waals surface area contributed by atoms with Gasteiger partial charge in [-0.2, -0.15) is 9.98 Å². The summed E-state index contributed by atoms with van der Waals surface area (Å²) in [6.45, 7) is 0. The predicted molar refractivity (Wildman–Crippen MR) is 45.3 cm³/mol. The molecule has 0 saturated carbocycles. The Bertz CT molecular complexity index is 400. The van der Waals surface area contributed by atoms with Crippen LogP contribution >= 0.6 is 0 Å². The zero-order chi connectivity index (χ0) is 10.5. The number of nitrogens with two attached hydrogens (primary N) is 1. The third-order valence-electron chi connectivity index (χ3n) is 2.01. The molecule has 0 bridgehead atoms. The Balaban J connectivity index is 2.58. The van der Waals surface area contributed by atoms with Gasteiger partial charge in [-0.3, -0.25) is 15.0 Å². The lowest BCUT2D eigenvalue weighted by Gasteiger charge is -2.29. The Hall–Kier alpha value is -1.96. The topological polar surface area (TPSA) is 120 Å². The molecule has 0 radical (unpaired) electrons. The van der Waals surface area contributed by atoms with Crippen LogP contribution in [0.25, 0.3) is 0 Å². The van der Waals surface area contributed by atoms with E-state index in [1.807, 2.05) is 0 Å². The van der Waals surface area contributed by atoms with Crippen LogP contribution in [0.15, 0.2) is 9.98 Å². The second kappa shape index (κ2) is 2.29. The number of nitrogens with zero attached hydrogens (tertiary/aromatic N) is 3. The molecule has 2 heterocycles. The summed E-state index contributed by atoms with van der Waals surface area (Å²) in [5.74, 6) is -3.03. The molecule has 0 spiro atoms. The number of carbonyl (C=O) groups is 2. The quantitative estimate of drug-likeness (QED) is 0.400. The van der Waals surface area contributed by atoms with E-state index in [0.29, 0.717) is 0 Å². The summed E-state index contributed by atoms with van der Waals surface area (Å²) in [6.07, 6.45) is 0. The smallest absolute Gasteiger partial charge is 0.348 e. The molecule has 0 aromatic carbocycles. The van der Waals surface area contributed by atoms with Crippen molar-refractivity contribution in [2.45, 2.75) is 5.85 Å². The van der Waals surface area contributed by atoms with Crippen molar-refractivity contribution in [3.8, 4) is 0 Å². The SMILES string of the molecule is CN1C(=O)N=C2C(=O)NC(N)=NC21O. The van der Waals surface area contributed by atoms with E-state index in [0.717, 1.165) is 4.90 Å². The molecule has 74 valence electrons. The van der Waals surface area contributed by atoms with E-state index in [9.17, 15) is 14.7 Å². The van der Waals surface area contributed by atoms with Crippen LogP contribution in [0.2, 0.25) is 0 Å². The van der Waals surface area contributed by atoms with Gasteiger partial charge in [-0.1, -0.05) is 0 Å². The fourth-order valence-corrected chi connectivity index (χ4v) is 1.24. The molecule has 2 rings (SSSR count). The fourth-order valence-electron chi connectivity index (χ4n) is 1.24. The zero-order valence-corrected chi connectivity index (χ0v) is 7.18. The molecule has 0 aliphatic carbocycles. The Kier molecular flexibility index (Phi) is 1.41. The Morgan fingerprint density at radius 1 is 1.57 bits per heavy atom. The number of carbonyl (C=O) groups excluding carboxylic acids is 2. The second-order valence-electron chi connectivity index (χ2n) is 2.89. The number of urea groups is 1. The maximum Gasteiger partial charge on any atom is 0.348 e. The molecule has 1 atom stereocenters. The molecule has 2 aliphatic heterocycles. The van der Waals surface area contributed by atoms with E-state index in [-0.39, 0.29) is 11.7 Å². The van der Waals surface area contributed by atoms with Crippen LogP contribution in [0.4, 0.5) is 4.79 Å². The van der Waals surface area contributed by atoms with Gasteiger partial charge in [-0.25, -0.2) is 4.79 Å². The number of nitrogens with one attached hydrogen (secondary N) is 1. The molecule has 0 fully saturated rings. The van der Waals surface area contributed by atoms with E-state index < -0.39 is 17.8 Å². The molecule has 4 N–H and O–H groups in total. The van der Waals surface area contributed by atoms with E-state index in [1.165, 1.54) is 7.05 Å². The van der Waals surface area contributed by atoms with Crippen molar-refractivity contribution in [2.24, 2.45) is 15.7 Å². The monoisotopic (exact) mass is 197 g/mol. The van der Waals surface area contributed by atoms with Crippen molar-refractivity contribution in [1.82, 2.24) is 10.2 Å². The van der Waals surface area contributed by atoms with Crippen LogP contribution in [0.5, 0.6) is 0 Å². The standard InChI is InChI=1S/C6H7N5O3/c1-11-5(13)8-2-3(12)9-4(7)10-6(2,11)14/h14H,1H3,(H3,7,9,10,12). The molecule has 8 heteroatoms. The number of guanidine groups is 1. The van der Waals surface area contributed by atoms with Gasteiger partial charge in [0, 0.05) is 7.05 Å². The van der Waals surface area contributed by atoms with Crippen LogP contribution in [0, 0.1) is 0 Å². The predicted octanol–water partition coefficient (Wildman–Crippen LogP) is -2.42. The van der Waals surface area contributed by atoms with E-state index in [1.54, 1.807) is 0 Å². The van der Waals surface area contributed by atoms with Crippen molar-refractivity contribution in [1.29, 1.82) is 0 Å². The Morgan fingerprint density at radius 2 is 2.21 bits per heavy atom. The van der Waals surface area contributed by atoms with Crippen LogP contribution in [0.1, 0.15) is 0 Å². The average molecular weight is 197 g/mol. The number of fused-ring (bicyclic) bond motifs is 1. The molecule has 1 unspecified atom stereocenters. The van der Waals surface area contributed by atoms with E-state index in [2.05, 4.69) is 15.3 Å². The summed E-state index contributed by atoms with van der Waals surface area (Å²) in [5, 5.41) is 12.0. The highest BCUT2D eigenvalue weighted by Gasteiger charge is 2.52. The number of aliphatic hydroxyl groups is 1. The van der Waals surface area contributed by atoms with Gasteiger partial charge in [-0.15, -0.1) is 0 Å². The minimum Gasteiger partial charge on any atom is -0.369 e. The summed E-state index contributed by atoms with van der Waals surface area (Å²) in [7, 11) is 1.27. The minimum atomic E-state index is -2.05. The van der Waals surface area contributed by atoms with Crippen LogP contribution in [-0.2, 0) is 4.79 Å². The van der Waals surface area contributed by atoms with Crippen molar-refractivity contribution in [3.05, 3.63) is 0 Å². The maximum atomic E-state index is 11.2. The van der Waals surface area contributed by atoms with Crippen molar-refractivity contribution >= 4 is 23.6 Å². The van der Waals surface area contributed by atoms with Crippen LogP contribution in [-0.4, -0.2) is 46.5 Å². The first-order valence-electron chi connectivity index (χ1n) is 3.71. The highest BCUT2D eigenvalue weighted by atomic mass is 16.3. The largest absolute Gasteiger partial charge is 0.369 e. The summed E-state index contributed by atoms with van der Waals surface area (Å²) in [5.41, 5.74) is 4.88. The van der Waals surface area contributed by atoms with Gasteiger partial charge < -0.3 is 10.8 Å². The summed E-state index contributed by atoms with van der Waals surface area (Å²) >= 11 is 0. The third kappa shape index (κ3) is 0.852. The molecular weight excluding hydrogens is 190 g/mol. The molecule has 8 nitrogen and oxygen atoms in total. The number of aliphatic imine (C=N–C) groups is 2. The molecular formula is C6H7N5O3. The number of rotatable bonds is 0. The van der Waals surface area contributed by atoms with Crippen molar-refractivity contribution in [3.63, 3.8) is 0 Å². The maximum absolute atomic E-state index is 11.2. The molecule has 0 aromatic heterocycles. The van der Waals surface area contributed by atoms with Gasteiger partial charge in [0.15, 0.2) is 11.7 Å². The summed E-state index contributed by atoms with van der Waals surface area (Å²) in [6, 6.07) is -0.740. The van der Waals surface area contributed by atoms with Gasteiger partial charge in [0.2, 0.25) is 0 Å². The van der Waals surface area contributed by atoms with Crippen molar-refractivity contribution in [2.75, 3.05) is 7.05 Å². The van der Waals surface area contributed by atoms with Gasteiger partial charge >= 0.3 is 6.03 Å². The van der Waals surface area contributed by atoms with Gasteiger partial charge in [0.25, 0.3) is 11.8 Å². The lowest BCUT2D eigenvalue weighted by Crippen LogP contribution is -2.60. The van der Waals surface area contributed by atoms with E-state index in [4.69, 9.17) is 5.73 Å². The highest BCUT2D eigenvalue weighted by Crippen LogP contribution is 2.24.